The zero-order valence-electron chi connectivity index (χ0n) is 9.08. The Morgan fingerprint density at radius 2 is 2.43 bits per heavy atom. The highest BCUT2D eigenvalue weighted by Crippen LogP contribution is 2.20. The third-order valence-corrected chi connectivity index (χ3v) is 3.20. The van der Waals surface area contributed by atoms with Crippen molar-refractivity contribution in [1.82, 2.24) is 4.90 Å². The van der Waals surface area contributed by atoms with E-state index in [1.165, 1.54) is 12.8 Å². The monoisotopic (exact) mass is 195 g/mol. The van der Waals surface area contributed by atoms with Crippen LogP contribution >= 0.6 is 0 Å². The lowest BCUT2D eigenvalue weighted by Gasteiger charge is -2.36. The maximum Gasteiger partial charge on any atom is 0.0638 e. The van der Waals surface area contributed by atoms with E-state index in [0.29, 0.717) is 18.4 Å². The number of piperidine rings is 1. The fourth-order valence-electron chi connectivity index (χ4n) is 2.26. The highest BCUT2D eigenvalue weighted by Gasteiger charge is 2.23. The van der Waals surface area contributed by atoms with Crippen molar-refractivity contribution >= 4 is 0 Å². The van der Waals surface area contributed by atoms with Crippen LogP contribution in [0.1, 0.15) is 32.6 Å². The minimum Gasteiger partial charge on any atom is -0.330 e. The molecule has 0 radical (unpaired) electrons. The maximum atomic E-state index is 8.72. The van der Waals surface area contributed by atoms with Crippen molar-refractivity contribution in [3.63, 3.8) is 0 Å². The van der Waals surface area contributed by atoms with Crippen LogP contribution in [0.25, 0.3) is 0 Å². The SMILES string of the molecule is CCC(CC#N)N1CCCC(CN)C1. The molecule has 3 heteroatoms. The Balaban J connectivity index is 2.45. The van der Waals surface area contributed by atoms with Crippen LogP contribution in [-0.2, 0) is 0 Å². The minimum atomic E-state index is 0.453. The van der Waals surface area contributed by atoms with Gasteiger partial charge < -0.3 is 5.73 Å². The van der Waals surface area contributed by atoms with Crippen molar-refractivity contribution in [3.05, 3.63) is 0 Å². The lowest BCUT2D eigenvalue weighted by molar-refractivity contribution is 0.124. The molecule has 1 aliphatic heterocycles. The molecule has 0 aliphatic carbocycles. The van der Waals surface area contributed by atoms with Gasteiger partial charge in [-0.1, -0.05) is 6.92 Å². The molecule has 1 aliphatic rings. The van der Waals surface area contributed by atoms with Crippen molar-refractivity contribution < 1.29 is 0 Å². The van der Waals surface area contributed by atoms with Crippen molar-refractivity contribution in [2.24, 2.45) is 11.7 Å². The number of rotatable bonds is 4. The van der Waals surface area contributed by atoms with E-state index in [2.05, 4.69) is 17.9 Å². The molecule has 0 saturated carbocycles. The first-order valence-electron chi connectivity index (χ1n) is 5.62. The zero-order valence-corrected chi connectivity index (χ0v) is 9.08. The van der Waals surface area contributed by atoms with Crippen LogP contribution in [0.2, 0.25) is 0 Å². The van der Waals surface area contributed by atoms with E-state index < -0.39 is 0 Å². The van der Waals surface area contributed by atoms with E-state index in [4.69, 9.17) is 11.0 Å². The molecule has 2 atom stereocenters. The predicted octanol–water partition coefficient (Wildman–Crippen LogP) is 1.35. The van der Waals surface area contributed by atoms with Crippen molar-refractivity contribution in [3.8, 4) is 6.07 Å². The highest BCUT2D eigenvalue weighted by atomic mass is 15.2. The first-order chi connectivity index (χ1) is 6.81. The molecule has 1 heterocycles. The summed E-state index contributed by atoms with van der Waals surface area (Å²) in [4.78, 5) is 2.45. The molecule has 0 bridgehead atoms. The van der Waals surface area contributed by atoms with Crippen molar-refractivity contribution in [2.45, 2.75) is 38.6 Å². The summed E-state index contributed by atoms with van der Waals surface area (Å²) >= 11 is 0. The summed E-state index contributed by atoms with van der Waals surface area (Å²) in [5.74, 6) is 0.650. The van der Waals surface area contributed by atoms with Gasteiger partial charge in [0, 0.05) is 12.6 Å². The van der Waals surface area contributed by atoms with Gasteiger partial charge in [-0.25, -0.2) is 0 Å². The molecule has 2 N–H and O–H groups in total. The molecule has 2 unspecified atom stereocenters. The molecule has 3 nitrogen and oxygen atoms in total. The minimum absolute atomic E-state index is 0.453. The quantitative estimate of drug-likeness (QED) is 0.736. The summed E-state index contributed by atoms with van der Waals surface area (Å²) in [6, 6.07) is 2.73. The Bertz CT molecular complexity index is 197. The van der Waals surface area contributed by atoms with E-state index in [9.17, 15) is 0 Å². The summed E-state index contributed by atoms with van der Waals surface area (Å²) in [5, 5.41) is 8.72. The standard InChI is InChI=1S/C11H21N3/c1-2-11(5-6-12)14-7-3-4-10(8-13)9-14/h10-11H,2-5,7-9,13H2,1H3. The van der Waals surface area contributed by atoms with Crippen LogP contribution in [0.5, 0.6) is 0 Å². The Kier molecular flexibility index (Phi) is 4.92. The Morgan fingerprint density at radius 1 is 1.64 bits per heavy atom. The molecular formula is C11H21N3. The van der Waals surface area contributed by atoms with Gasteiger partial charge in [-0.2, -0.15) is 5.26 Å². The number of likely N-dealkylation sites (tertiary alicyclic amines) is 1. The molecule has 1 fully saturated rings. The van der Waals surface area contributed by atoms with Gasteiger partial charge in [0.2, 0.25) is 0 Å². The van der Waals surface area contributed by atoms with Gasteiger partial charge in [0.1, 0.15) is 0 Å². The molecule has 14 heavy (non-hydrogen) atoms. The fourth-order valence-corrected chi connectivity index (χ4v) is 2.26. The van der Waals surface area contributed by atoms with E-state index in [-0.39, 0.29) is 0 Å². The van der Waals surface area contributed by atoms with E-state index in [1.54, 1.807) is 0 Å². The second-order valence-electron chi connectivity index (χ2n) is 4.16. The Hall–Kier alpha value is -0.590. The molecule has 0 aromatic heterocycles. The van der Waals surface area contributed by atoms with Crippen LogP contribution < -0.4 is 5.73 Å². The smallest absolute Gasteiger partial charge is 0.0638 e. The first-order valence-corrected chi connectivity index (χ1v) is 5.62. The Labute approximate surface area is 86.9 Å². The van der Waals surface area contributed by atoms with Gasteiger partial charge in [0.05, 0.1) is 12.5 Å². The summed E-state index contributed by atoms with van der Waals surface area (Å²) < 4.78 is 0. The van der Waals surface area contributed by atoms with Gasteiger partial charge in [0.25, 0.3) is 0 Å². The van der Waals surface area contributed by atoms with Crippen LogP contribution in [0.4, 0.5) is 0 Å². The fraction of sp³-hybridized carbons (Fsp3) is 0.909. The van der Waals surface area contributed by atoms with Crippen LogP contribution in [0, 0.1) is 17.2 Å². The van der Waals surface area contributed by atoms with Gasteiger partial charge >= 0.3 is 0 Å². The number of nitrogens with zero attached hydrogens (tertiary/aromatic N) is 2. The molecule has 1 rings (SSSR count). The number of hydrogen-bond donors (Lipinski definition) is 1. The first kappa shape index (κ1) is 11.5. The van der Waals surface area contributed by atoms with E-state index >= 15 is 0 Å². The largest absolute Gasteiger partial charge is 0.330 e. The molecule has 1 saturated heterocycles. The van der Waals surface area contributed by atoms with Crippen LogP contribution in [0.15, 0.2) is 0 Å². The number of nitriles is 1. The third-order valence-electron chi connectivity index (χ3n) is 3.20. The lowest BCUT2D eigenvalue weighted by atomic mass is 9.96. The number of hydrogen-bond acceptors (Lipinski definition) is 3. The lowest BCUT2D eigenvalue weighted by Crippen LogP contribution is -2.44. The second kappa shape index (κ2) is 6.00. The molecule has 0 aromatic carbocycles. The van der Waals surface area contributed by atoms with Gasteiger partial charge in [-0.15, -0.1) is 0 Å². The van der Waals surface area contributed by atoms with E-state index in [1.807, 2.05) is 0 Å². The topological polar surface area (TPSA) is 53.0 Å². The third kappa shape index (κ3) is 2.97. The van der Waals surface area contributed by atoms with Gasteiger partial charge in [-0.3, -0.25) is 4.90 Å². The summed E-state index contributed by atoms with van der Waals surface area (Å²) in [6.07, 6.45) is 4.23. The zero-order chi connectivity index (χ0) is 10.4. The number of nitrogens with two attached hydrogens (primary N) is 1. The van der Waals surface area contributed by atoms with Crippen molar-refractivity contribution in [2.75, 3.05) is 19.6 Å². The van der Waals surface area contributed by atoms with Gasteiger partial charge in [0.15, 0.2) is 0 Å². The van der Waals surface area contributed by atoms with Crippen molar-refractivity contribution in [1.29, 1.82) is 5.26 Å². The predicted molar refractivity (Wildman–Crippen MR) is 57.7 cm³/mol. The highest BCUT2D eigenvalue weighted by molar-refractivity contribution is 4.85. The molecule has 80 valence electrons. The van der Waals surface area contributed by atoms with Crippen LogP contribution in [0.3, 0.4) is 0 Å². The molecular weight excluding hydrogens is 174 g/mol. The Morgan fingerprint density at radius 3 is 3.00 bits per heavy atom. The maximum absolute atomic E-state index is 8.72. The summed E-state index contributed by atoms with van der Waals surface area (Å²) in [5.41, 5.74) is 5.69. The second-order valence-corrected chi connectivity index (χ2v) is 4.16. The summed E-state index contributed by atoms with van der Waals surface area (Å²) in [6.45, 7) is 5.20. The van der Waals surface area contributed by atoms with Crippen LogP contribution in [-0.4, -0.2) is 30.6 Å². The average Bonchev–Trinajstić information content (AvgIpc) is 2.26. The molecule has 0 spiro atoms. The normalized spacial score (nSPS) is 25.6. The van der Waals surface area contributed by atoms with Gasteiger partial charge in [-0.05, 0) is 38.3 Å². The average molecular weight is 195 g/mol. The molecule has 0 amide bonds. The molecule has 0 aromatic rings. The van der Waals surface area contributed by atoms with E-state index in [0.717, 1.165) is 26.1 Å². The summed E-state index contributed by atoms with van der Waals surface area (Å²) in [7, 11) is 0.